The van der Waals surface area contributed by atoms with Gasteiger partial charge in [0.2, 0.25) is 0 Å². The number of thioether (sulfide) groups is 1. The third kappa shape index (κ3) is 6.78. The molecule has 6 nitrogen and oxygen atoms in total. The van der Waals surface area contributed by atoms with Crippen molar-refractivity contribution in [2.45, 2.75) is 56.1 Å². The zero-order valence-corrected chi connectivity index (χ0v) is 22.6. The maximum absolute atomic E-state index is 13.3. The molecule has 0 saturated heterocycles. The van der Waals surface area contributed by atoms with Gasteiger partial charge in [0, 0.05) is 18.0 Å². The normalized spacial score (nSPS) is 17.3. The molecule has 1 atom stereocenters. The molecule has 3 aromatic rings. The van der Waals surface area contributed by atoms with Crippen LogP contribution in [0.3, 0.4) is 0 Å². The van der Waals surface area contributed by atoms with Gasteiger partial charge in [-0.1, -0.05) is 104 Å². The Labute approximate surface area is 228 Å². The Kier molecular flexibility index (Phi) is 9.13. The largest absolute Gasteiger partial charge is 0.511 e. The first-order valence-electron chi connectivity index (χ1n) is 12.9. The fourth-order valence-corrected chi connectivity index (χ4v) is 5.70. The molecule has 0 radical (unpaired) electrons. The predicted molar refractivity (Wildman–Crippen MR) is 151 cm³/mol. The molecule has 2 amide bonds. The number of carbonyl (C=O) groups excluding carboxylic acids is 2. The predicted octanol–water partition coefficient (Wildman–Crippen LogP) is 6.79. The molecule has 0 aromatic heterocycles. The van der Waals surface area contributed by atoms with Crippen molar-refractivity contribution in [3.05, 3.63) is 112 Å². The molecule has 4 rings (SSSR count). The summed E-state index contributed by atoms with van der Waals surface area (Å²) in [5.41, 5.74) is 1.95. The Morgan fingerprint density at radius 3 is 2.32 bits per heavy atom. The number of nitrogens with one attached hydrogen (secondary N) is 2. The maximum atomic E-state index is 13.3. The molecule has 3 N–H and O–H groups in total. The van der Waals surface area contributed by atoms with Crippen LogP contribution >= 0.6 is 11.8 Å². The van der Waals surface area contributed by atoms with Crippen LogP contribution in [0.5, 0.6) is 0 Å². The zero-order chi connectivity index (χ0) is 27.0. The summed E-state index contributed by atoms with van der Waals surface area (Å²) in [6, 6.07) is 26.9. The third-order valence-corrected chi connectivity index (χ3v) is 7.78. The van der Waals surface area contributed by atoms with E-state index in [0.29, 0.717) is 25.9 Å². The van der Waals surface area contributed by atoms with E-state index in [4.69, 9.17) is 4.74 Å². The number of hydrogen-bond donors (Lipinski definition) is 3. The Morgan fingerprint density at radius 1 is 0.974 bits per heavy atom. The van der Waals surface area contributed by atoms with Crippen LogP contribution in [0.4, 0.5) is 4.79 Å². The molecular weight excluding hydrogens is 496 g/mol. The lowest BCUT2D eigenvalue weighted by atomic mass is 9.83. The van der Waals surface area contributed by atoms with Crippen LogP contribution in [0.15, 0.2) is 100 Å². The van der Waals surface area contributed by atoms with Gasteiger partial charge in [-0.05, 0) is 41.5 Å². The van der Waals surface area contributed by atoms with E-state index in [1.807, 2.05) is 84.9 Å². The summed E-state index contributed by atoms with van der Waals surface area (Å²) in [6.45, 7) is 5.05. The van der Waals surface area contributed by atoms with Gasteiger partial charge in [-0.2, -0.15) is 0 Å². The van der Waals surface area contributed by atoms with E-state index in [1.165, 1.54) is 11.8 Å². The van der Waals surface area contributed by atoms with Gasteiger partial charge >= 0.3 is 12.0 Å². The average molecular weight is 531 g/mol. The van der Waals surface area contributed by atoms with E-state index in [1.54, 1.807) is 0 Å². The summed E-state index contributed by atoms with van der Waals surface area (Å²) < 4.78 is 6.12. The highest BCUT2D eigenvalue weighted by atomic mass is 32.2. The Hall–Kier alpha value is -3.71. The van der Waals surface area contributed by atoms with Crippen LogP contribution in [-0.4, -0.2) is 23.7 Å². The standard InChI is InChI=1S/C31H34N2O4S/c1-22(2)25-16-9-10-17-27(25)38-28-26(34)20-31(37-29(28)35,24-14-7-4-8-15-24)18-11-19-32-30(36)33-21-23-12-5-3-6-13-23/h3-10,12-17,22,34H,11,18-21H2,1-2H3,(H2,32,33,36). The van der Waals surface area contributed by atoms with Gasteiger partial charge in [0.15, 0.2) is 0 Å². The third-order valence-electron chi connectivity index (χ3n) is 6.58. The first-order chi connectivity index (χ1) is 18.4. The van der Waals surface area contributed by atoms with Crippen LogP contribution in [0.2, 0.25) is 0 Å². The molecule has 7 heteroatoms. The minimum atomic E-state index is -1.01. The summed E-state index contributed by atoms with van der Waals surface area (Å²) in [6.07, 6.45) is 1.19. The molecule has 198 valence electrons. The minimum absolute atomic E-state index is 0.0298. The Morgan fingerprint density at radius 2 is 1.63 bits per heavy atom. The number of ether oxygens (including phenoxy) is 1. The van der Waals surface area contributed by atoms with Crippen LogP contribution in [-0.2, 0) is 21.7 Å². The molecule has 0 spiro atoms. The smallest absolute Gasteiger partial charge is 0.349 e. The van der Waals surface area contributed by atoms with Gasteiger partial charge in [0.25, 0.3) is 0 Å². The fourth-order valence-electron chi connectivity index (χ4n) is 4.59. The van der Waals surface area contributed by atoms with Crippen molar-refractivity contribution in [3.63, 3.8) is 0 Å². The van der Waals surface area contributed by atoms with Crippen molar-refractivity contribution in [1.82, 2.24) is 10.6 Å². The van der Waals surface area contributed by atoms with Gasteiger partial charge in [-0.3, -0.25) is 0 Å². The monoisotopic (exact) mass is 530 g/mol. The first kappa shape index (κ1) is 27.3. The van der Waals surface area contributed by atoms with E-state index >= 15 is 0 Å². The Bertz CT molecular complexity index is 1280. The molecule has 0 fully saturated rings. The first-order valence-corrected chi connectivity index (χ1v) is 13.7. The highest BCUT2D eigenvalue weighted by Gasteiger charge is 2.43. The highest BCUT2D eigenvalue weighted by molar-refractivity contribution is 8.04. The van der Waals surface area contributed by atoms with E-state index in [0.717, 1.165) is 21.6 Å². The molecular formula is C31H34N2O4S. The van der Waals surface area contributed by atoms with E-state index in [2.05, 4.69) is 24.5 Å². The zero-order valence-electron chi connectivity index (χ0n) is 21.8. The maximum Gasteiger partial charge on any atom is 0.349 e. The molecule has 3 aromatic carbocycles. The number of cyclic esters (lactones) is 1. The van der Waals surface area contributed by atoms with Crippen LogP contribution in [0.1, 0.15) is 55.7 Å². The summed E-state index contributed by atoms with van der Waals surface area (Å²) in [4.78, 5) is 26.7. The topological polar surface area (TPSA) is 87.7 Å². The molecule has 1 heterocycles. The number of aliphatic hydroxyl groups is 1. The van der Waals surface area contributed by atoms with E-state index in [-0.39, 0.29) is 29.0 Å². The number of hydrogen-bond acceptors (Lipinski definition) is 5. The van der Waals surface area contributed by atoms with E-state index < -0.39 is 11.6 Å². The second kappa shape index (κ2) is 12.7. The van der Waals surface area contributed by atoms with Crippen molar-refractivity contribution < 1.29 is 19.4 Å². The summed E-state index contributed by atoms with van der Waals surface area (Å²) in [7, 11) is 0. The lowest BCUT2D eigenvalue weighted by Gasteiger charge is -2.37. The second-order valence-corrected chi connectivity index (χ2v) is 10.7. The SMILES string of the molecule is CC(C)c1ccccc1SC1=C(O)CC(CCCNC(=O)NCc2ccccc2)(c2ccccc2)OC1=O. The summed E-state index contributed by atoms with van der Waals surface area (Å²) >= 11 is 1.26. The second-order valence-electron chi connectivity index (χ2n) is 9.70. The van der Waals surface area contributed by atoms with E-state index in [9.17, 15) is 14.7 Å². The Balaban J connectivity index is 1.44. The number of aliphatic hydroxyl groups excluding tert-OH is 1. The summed E-state index contributed by atoms with van der Waals surface area (Å²) in [5.74, 6) is -0.223. The van der Waals surface area contributed by atoms with Gasteiger partial charge in [0.05, 0.1) is 6.42 Å². The van der Waals surface area contributed by atoms with Crippen LogP contribution < -0.4 is 10.6 Å². The lowest BCUT2D eigenvalue weighted by Crippen LogP contribution is -2.39. The molecule has 1 aliphatic heterocycles. The fraction of sp³-hybridized carbons (Fsp3) is 0.290. The minimum Gasteiger partial charge on any atom is -0.511 e. The van der Waals surface area contributed by atoms with Crippen molar-refractivity contribution >= 4 is 23.8 Å². The van der Waals surface area contributed by atoms with Gasteiger partial charge in [-0.25, -0.2) is 9.59 Å². The van der Waals surface area contributed by atoms with Crippen molar-refractivity contribution in [2.75, 3.05) is 6.54 Å². The molecule has 0 bridgehead atoms. The molecule has 1 aliphatic rings. The van der Waals surface area contributed by atoms with Gasteiger partial charge in [-0.15, -0.1) is 0 Å². The molecule has 38 heavy (non-hydrogen) atoms. The number of carbonyl (C=O) groups is 2. The number of esters is 1. The highest BCUT2D eigenvalue weighted by Crippen LogP contribution is 2.45. The molecule has 0 saturated carbocycles. The molecule has 1 unspecified atom stereocenters. The number of amides is 2. The van der Waals surface area contributed by atoms with Crippen LogP contribution in [0.25, 0.3) is 0 Å². The quantitative estimate of drug-likeness (QED) is 0.198. The average Bonchev–Trinajstić information content (AvgIpc) is 2.93. The summed E-state index contributed by atoms with van der Waals surface area (Å²) in [5, 5.41) is 16.8. The van der Waals surface area contributed by atoms with Crippen LogP contribution in [0, 0.1) is 0 Å². The van der Waals surface area contributed by atoms with Gasteiger partial charge in [0.1, 0.15) is 16.3 Å². The number of benzene rings is 3. The van der Waals surface area contributed by atoms with Crippen molar-refractivity contribution in [3.8, 4) is 0 Å². The number of urea groups is 1. The van der Waals surface area contributed by atoms with Crippen molar-refractivity contribution in [2.24, 2.45) is 0 Å². The lowest BCUT2D eigenvalue weighted by molar-refractivity contribution is -0.160. The van der Waals surface area contributed by atoms with Crippen molar-refractivity contribution in [1.29, 1.82) is 0 Å². The molecule has 0 aliphatic carbocycles. The van der Waals surface area contributed by atoms with Gasteiger partial charge < -0.3 is 20.5 Å². The number of rotatable bonds is 10.